The van der Waals surface area contributed by atoms with E-state index in [4.69, 9.17) is 19.3 Å². The van der Waals surface area contributed by atoms with Gasteiger partial charge in [-0.15, -0.1) is 0 Å². The largest absolute Gasteiger partial charge is 0.497 e. The number of hydrogen-bond donors (Lipinski definition) is 1. The Kier molecular flexibility index (Phi) is 9.42. The number of ether oxygens (including phenoxy) is 3. The zero-order valence-electron chi connectivity index (χ0n) is 14.7. The maximum Gasteiger partial charge on any atom is 0.306 e. The topological polar surface area (TPSA) is 65.0 Å². The van der Waals surface area contributed by atoms with Crippen LogP contribution in [0.4, 0.5) is 0 Å². The lowest BCUT2D eigenvalue weighted by molar-refractivity contribution is -0.142. The molecule has 1 aromatic carbocycles. The van der Waals surface area contributed by atoms with E-state index in [0.717, 1.165) is 24.2 Å². The summed E-state index contributed by atoms with van der Waals surface area (Å²) >= 11 is 0. The molecule has 0 aliphatic heterocycles. The van der Waals surface area contributed by atoms with Gasteiger partial charge in [-0.05, 0) is 50.3 Å². The lowest BCUT2D eigenvalue weighted by atomic mass is 9.98. The van der Waals surface area contributed by atoms with Crippen molar-refractivity contribution in [3.63, 3.8) is 0 Å². The molecule has 0 radical (unpaired) electrons. The maximum absolute atomic E-state index is 10.9. The first-order valence-corrected chi connectivity index (χ1v) is 8.34. The molecule has 5 heteroatoms. The minimum absolute atomic E-state index is 0.0390. The second-order valence-corrected chi connectivity index (χ2v) is 5.75. The average Bonchev–Trinajstić information content (AvgIpc) is 2.58. The molecule has 1 rings (SSSR count). The monoisotopic (exact) mass is 336 g/mol. The van der Waals surface area contributed by atoms with E-state index in [9.17, 15) is 4.79 Å². The van der Waals surface area contributed by atoms with E-state index < -0.39 is 5.97 Å². The molecule has 5 nitrogen and oxygen atoms in total. The van der Waals surface area contributed by atoms with Gasteiger partial charge in [-0.3, -0.25) is 4.79 Å². The van der Waals surface area contributed by atoms with Crippen LogP contribution in [0.1, 0.15) is 45.1 Å². The molecule has 1 aromatic rings. The van der Waals surface area contributed by atoms with E-state index >= 15 is 0 Å². The summed E-state index contributed by atoms with van der Waals surface area (Å²) in [5.74, 6) is -0.141. The molecule has 2 atom stereocenters. The van der Waals surface area contributed by atoms with Crippen molar-refractivity contribution in [1.82, 2.24) is 0 Å². The van der Waals surface area contributed by atoms with Crippen LogP contribution in [0.5, 0.6) is 5.75 Å². The van der Waals surface area contributed by atoms with Gasteiger partial charge in [0.15, 0.2) is 0 Å². The summed E-state index contributed by atoms with van der Waals surface area (Å²) in [5, 5.41) is 9.00. The molecule has 0 amide bonds. The second kappa shape index (κ2) is 11.4. The molecule has 2 unspecified atom stereocenters. The van der Waals surface area contributed by atoms with Gasteiger partial charge >= 0.3 is 5.97 Å². The maximum atomic E-state index is 10.9. The molecule has 0 saturated heterocycles. The highest BCUT2D eigenvalue weighted by Crippen LogP contribution is 2.15. The summed E-state index contributed by atoms with van der Waals surface area (Å²) in [6.45, 7) is 4.34. The number of carboxylic acids is 1. The van der Waals surface area contributed by atoms with Crippen LogP contribution in [0.3, 0.4) is 0 Å². The number of carboxylic acid groups (broad SMARTS) is 1. The smallest absolute Gasteiger partial charge is 0.306 e. The highest BCUT2D eigenvalue weighted by molar-refractivity contribution is 5.69. The van der Waals surface area contributed by atoms with Crippen LogP contribution in [0, 0.1) is 5.92 Å². The molecular formula is C19H28O5. The van der Waals surface area contributed by atoms with Gasteiger partial charge in [0.05, 0.1) is 19.1 Å². The Morgan fingerprint density at radius 1 is 1.21 bits per heavy atom. The Morgan fingerprint density at radius 3 is 2.50 bits per heavy atom. The Hall–Kier alpha value is -2.17. The predicted molar refractivity (Wildman–Crippen MR) is 92.7 cm³/mol. The molecule has 0 fully saturated rings. The fourth-order valence-electron chi connectivity index (χ4n) is 2.29. The highest BCUT2D eigenvalue weighted by Gasteiger charge is 2.14. The van der Waals surface area contributed by atoms with Crippen LogP contribution < -0.4 is 4.74 Å². The first-order chi connectivity index (χ1) is 11.6. The van der Waals surface area contributed by atoms with Crippen molar-refractivity contribution in [2.24, 2.45) is 5.92 Å². The summed E-state index contributed by atoms with van der Waals surface area (Å²) in [5.41, 5.74) is 1.05. The molecule has 0 heterocycles. The Morgan fingerprint density at radius 2 is 1.92 bits per heavy atom. The van der Waals surface area contributed by atoms with Crippen molar-refractivity contribution < 1.29 is 24.1 Å². The van der Waals surface area contributed by atoms with Gasteiger partial charge < -0.3 is 19.3 Å². The lowest BCUT2D eigenvalue weighted by Gasteiger charge is -2.13. The highest BCUT2D eigenvalue weighted by atomic mass is 16.5. The fourth-order valence-corrected chi connectivity index (χ4v) is 2.29. The number of aliphatic carboxylic acids is 1. The Labute approximate surface area is 144 Å². The Balaban J connectivity index is 2.15. The molecule has 0 saturated carbocycles. The normalized spacial score (nSPS) is 13.5. The zero-order valence-corrected chi connectivity index (χ0v) is 14.7. The van der Waals surface area contributed by atoms with Crippen molar-refractivity contribution in [2.75, 3.05) is 7.11 Å². The summed E-state index contributed by atoms with van der Waals surface area (Å²) in [7, 11) is 1.64. The molecule has 24 heavy (non-hydrogen) atoms. The predicted octanol–water partition coefficient (Wildman–Crippen LogP) is 4.37. The molecule has 0 spiro atoms. The SMILES string of the molecule is CCC(CCCC(C)O/C=C\OCc1ccc(OC)cc1)C(=O)O. The third-order valence-electron chi connectivity index (χ3n) is 3.88. The molecule has 0 aliphatic rings. The average molecular weight is 336 g/mol. The quantitative estimate of drug-likeness (QED) is 0.574. The van der Waals surface area contributed by atoms with E-state index in [-0.39, 0.29) is 12.0 Å². The number of rotatable bonds is 12. The van der Waals surface area contributed by atoms with Gasteiger partial charge in [0.1, 0.15) is 24.9 Å². The van der Waals surface area contributed by atoms with Crippen LogP contribution in [0.2, 0.25) is 0 Å². The van der Waals surface area contributed by atoms with E-state index in [2.05, 4.69) is 0 Å². The van der Waals surface area contributed by atoms with Crippen molar-refractivity contribution >= 4 is 5.97 Å². The van der Waals surface area contributed by atoms with Crippen LogP contribution in [-0.4, -0.2) is 24.3 Å². The van der Waals surface area contributed by atoms with Crippen LogP contribution >= 0.6 is 0 Å². The first kappa shape index (κ1) is 19.9. The van der Waals surface area contributed by atoms with E-state index in [1.165, 1.54) is 6.26 Å². The van der Waals surface area contributed by atoms with Crippen LogP contribution in [-0.2, 0) is 20.9 Å². The summed E-state index contributed by atoms with van der Waals surface area (Å²) in [6, 6.07) is 7.68. The van der Waals surface area contributed by atoms with Gasteiger partial charge in [0.25, 0.3) is 0 Å². The minimum Gasteiger partial charge on any atom is -0.497 e. The molecule has 134 valence electrons. The van der Waals surface area contributed by atoms with E-state index in [0.29, 0.717) is 19.4 Å². The van der Waals surface area contributed by atoms with Gasteiger partial charge in [-0.1, -0.05) is 19.1 Å². The van der Waals surface area contributed by atoms with Gasteiger partial charge in [-0.2, -0.15) is 0 Å². The van der Waals surface area contributed by atoms with Gasteiger partial charge in [0, 0.05) is 0 Å². The second-order valence-electron chi connectivity index (χ2n) is 5.75. The van der Waals surface area contributed by atoms with E-state index in [1.807, 2.05) is 38.1 Å². The standard InChI is InChI=1S/C19H28O5/c1-4-17(19(20)21)7-5-6-15(2)24-13-12-23-14-16-8-10-18(22-3)11-9-16/h8-13,15,17H,4-7,14H2,1-3H3,(H,20,21)/b13-12-. The molecule has 0 aliphatic carbocycles. The summed E-state index contributed by atoms with van der Waals surface area (Å²) < 4.78 is 16.0. The molecular weight excluding hydrogens is 308 g/mol. The molecule has 0 bridgehead atoms. The Bertz CT molecular complexity index is 495. The van der Waals surface area contributed by atoms with Crippen molar-refractivity contribution in [3.8, 4) is 5.75 Å². The number of methoxy groups -OCH3 is 1. The lowest BCUT2D eigenvalue weighted by Crippen LogP contribution is -2.13. The number of carbonyl (C=O) groups is 1. The van der Waals surface area contributed by atoms with E-state index in [1.54, 1.807) is 13.4 Å². The van der Waals surface area contributed by atoms with Crippen molar-refractivity contribution in [3.05, 3.63) is 42.4 Å². The molecule has 1 N–H and O–H groups in total. The summed E-state index contributed by atoms with van der Waals surface area (Å²) in [4.78, 5) is 10.9. The number of benzene rings is 1. The first-order valence-electron chi connectivity index (χ1n) is 8.34. The van der Waals surface area contributed by atoms with Crippen LogP contribution in [0.15, 0.2) is 36.8 Å². The van der Waals surface area contributed by atoms with Gasteiger partial charge in [0.2, 0.25) is 0 Å². The van der Waals surface area contributed by atoms with Crippen molar-refractivity contribution in [2.45, 2.75) is 52.2 Å². The summed E-state index contributed by atoms with van der Waals surface area (Å²) in [6.07, 6.45) is 6.15. The fraction of sp³-hybridized carbons (Fsp3) is 0.526. The van der Waals surface area contributed by atoms with Crippen molar-refractivity contribution in [1.29, 1.82) is 0 Å². The zero-order chi connectivity index (χ0) is 17.8. The van der Waals surface area contributed by atoms with Gasteiger partial charge in [-0.25, -0.2) is 0 Å². The number of hydrogen-bond acceptors (Lipinski definition) is 4. The third kappa shape index (κ3) is 7.90. The third-order valence-corrected chi connectivity index (χ3v) is 3.88. The van der Waals surface area contributed by atoms with Crippen LogP contribution in [0.25, 0.3) is 0 Å². The minimum atomic E-state index is -0.710. The molecule has 0 aromatic heterocycles.